The number of nitrogen functional groups attached to an aromatic ring is 1. The van der Waals surface area contributed by atoms with Crippen LogP contribution in [0.3, 0.4) is 0 Å². The number of aliphatic hydroxyl groups excluding tert-OH is 1. The number of nitrogens with zero attached hydrogens (tertiary/aromatic N) is 3. The summed E-state index contributed by atoms with van der Waals surface area (Å²) in [6.45, 7) is 6.22. The standard InChI is InChI=1S/C12H15N3O2S.C8H15NO3/c1-16-9-3-2-8(15-4-6-17-7-5-15)11-10(9)14-12(13)18-11;1-6(10)7-2-4-9(5-3-7)8(11)12/h2-3H,4-7H2,1H3,(H2,13,14);6-7,10H,2-5H2,1H3,(H,11,12)/t;6-/m.0/s1. The molecule has 1 atom stereocenters. The molecule has 2 fully saturated rings. The van der Waals surface area contributed by atoms with Crippen LogP contribution in [0.1, 0.15) is 19.8 Å². The Morgan fingerprint density at radius 3 is 2.53 bits per heavy atom. The number of amides is 1. The highest BCUT2D eigenvalue weighted by Crippen LogP contribution is 2.38. The number of carbonyl (C=O) groups is 1. The fourth-order valence-electron chi connectivity index (χ4n) is 3.78. The molecule has 166 valence electrons. The van der Waals surface area contributed by atoms with Crippen LogP contribution in [0, 0.1) is 5.92 Å². The number of carboxylic acid groups (broad SMARTS) is 1. The summed E-state index contributed by atoms with van der Waals surface area (Å²) >= 11 is 1.51. The van der Waals surface area contributed by atoms with Crippen LogP contribution >= 0.6 is 11.3 Å². The number of piperidine rings is 1. The minimum absolute atomic E-state index is 0.278. The Labute approximate surface area is 180 Å². The molecule has 0 spiro atoms. The second-order valence-electron chi connectivity index (χ2n) is 7.46. The minimum Gasteiger partial charge on any atom is -0.494 e. The predicted octanol–water partition coefficient (Wildman–Crippen LogP) is 2.48. The number of thiazole rings is 1. The number of methoxy groups -OCH3 is 1. The maximum atomic E-state index is 10.5. The fraction of sp³-hybridized carbons (Fsp3) is 0.600. The Morgan fingerprint density at radius 2 is 1.97 bits per heavy atom. The van der Waals surface area contributed by atoms with Gasteiger partial charge in [-0.2, -0.15) is 0 Å². The number of aromatic nitrogens is 1. The van der Waals surface area contributed by atoms with E-state index in [1.54, 1.807) is 14.0 Å². The third-order valence-electron chi connectivity index (χ3n) is 5.57. The first-order valence-electron chi connectivity index (χ1n) is 10.1. The number of likely N-dealkylation sites (tertiary alicyclic amines) is 1. The predicted molar refractivity (Wildman–Crippen MR) is 118 cm³/mol. The maximum absolute atomic E-state index is 10.5. The minimum atomic E-state index is -0.848. The lowest BCUT2D eigenvalue weighted by Crippen LogP contribution is -2.39. The van der Waals surface area contributed by atoms with Crippen molar-refractivity contribution < 1.29 is 24.5 Å². The van der Waals surface area contributed by atoms with E-state index < -0.39 is 6.09 Å². The van der Waals surface area contributed by atoms with Crippen molar-refractivity contribution in [3.8, 4) is 5.75 Å². The van der Waals surface area contributed by atoms with E-state index in [4.69, 9.17) is 20.3 Å². The number of ether oxygens (including phenoxy) is 2. The molecule has 1 aromatic heterocycles. The highest BCUT2D eigenvalue weighted by atomic mass is 32.1. The van der Waals surface area contributed by atoms with Crippen molar-refractivity contribution in [2.45, 2.75) is 25.9 Å². The monoisotopic (exact) mass is 438 g/mol. The van der Waals surface area contributed by atoms with Crippen LogP contribution in [-0.2, 0) is 4.74 Å². The molecule has 2 aromatic rings. The van der Waals surface area contributed by atoms with Crippen molar-refractivity contribution in [1.29, 1.82) is 0 Å². The summed E-state index contributed by atoms with van der Waals surface area (Å²) in [7, 11) is 1.65. The summed E-state index contributed by atoms with van der Waals surface area (Å²) in [5.41, 5.74) is 7.84. The third kappa shape index (κ3) is 5.24. The Kier molecular flexibility index (Phi) is 7.57. The summed E-state index contributed by atoms with van der Waals surface area (Å²) < 4.78 is 11.8. The summed E-state index contributed by atoms with van der Waals surface area (Å²) in [4.78, 5) is 18.6. The van der Waals surface area contributed by atoms with Crippen LogP contribution in [0.25, 0.3) is 10.2 Å². The summed E-state index contributed by atoms with van der Waals surface area (Å²) in [5, 5.41) is 18.4. The molecule has 0 aliphatic carbocycles. The zero-order chi connectivity index (χ0) is 21.7. The molecular formula is C20H30N4O5S. The Hall–Kier alpha value is -2.30. The van der Waals surface area contributed by atoms with Gasteiger partial charge in [0.2, 0.25) is 0 Å². The van der Waals surface area contributed by atoms with Gasteiger partial charge in [-0.05, 0) is 37.8 Å². The van der Waals surface area contributed by atoms with Crippen LogP contribution in [-0.4, -0.2) is 78.8 Å². The number of aliphatic hydroxyl groups is 1. The van der Waals surface area contributed by atoms with E-state index in [1.165, 1.54) is 21.9 Å². The van der Waals surface area contributed by atoms with Gasteiger partial charge in [0.05, 0.1) is 36.8 Å². The number of rotatable bonds is 3. The van der Waals surface area contributed by atoms with Crippen LogP contribution in [0.4, 0.5) is 15.6 Å². The van der Waals surface area contributed by atoms with Crippen LogP contribution in [0.5, 0.6) is 5.75 Å². The first-order valence-corrected chi connectivity index (χ1v) is 10.9. The fourth-order valence-corrected chi connectivity index (χ4v) is 4.67. The van der Waals surface area contributed by atoms with E-state index in [9.17, 15) is 9.90 Å². The maximum Gasteiger partial charge on any atom is 0.407 e. The number of morpholine rings is 1. The molecule has 0 unspecified atom stereocenters. The quantitative estimate of drug-likeness (QED) is 0.668. The first kappa shape index (κ1) is 22.4. The number of fused-ring (bicyclic) bond motifs is 1. The average molecular weight is 439 g/mol. The van der Waals surface area contributed by atoms with Gasteiger partial charge in [-0.3, -0.25) is 0 Å². The van der Waals surface area contributed by atoms with Crippen LogP contribution in [0.15, 0.2) is 12.1 Å². The van der Waals surface area contributed by atoms with E-state index in [1.807, 2.05) is 6.07 Å². The number of benzene rings is 1. The SMILES string of the molecule is COc1ccc(N2CCOCC2)c2sc(N)nc12.C[C@H](O)C1CCN(C(=O)O)CC1. The number of hydrogen-bond acceptors (Lipinski definition) is 8. The molecule has 1 amide bonds. The number of nitrogens with two attached hydrogens (primary N) is 1. The Morgan fingerprint density at radius 1 is 1.30 bits per heavy atom. The summed E-state index contributed by atoms with van der Waals surface area (Å²) in [5.74, 6) is 1.05. The van der Waals surface area contributed by atoms with Gasteiger partial charge in [0, 0.05) is 26.2 Å². The molecule has 10 heteroatoms. The van der Waals surface area contributed by atoms with Crippen molar-refractivity contribution in [3.05, 3.63) is 12.1 Å². The Bertz CT molecular complexity index is 845. The third-order valence-corrected chi connectivity index (χ3v) is 6.47. The van der Waals surface area contributed by atoms with E-state index >= 15 is 0 Å². The van der Waals surface area contributed by atoms with Crippen LogP contribution < -0.4 is 15.4 Å². The van der Waals surface area contributed by atoms with Crippen molar-refractivity contribution in [2.75, 3.05) is 57.1 Å². The molecule has 30 heavy (non-hydrogen) atoms. The smallest absolute Gasteiger partial charge is 0.407 e. The summed E-state index contributed by atoms with van der Waals surface area (Å²) in [6, 6.07) is 4.02. The van der Waals surface area contributed by atoms with Crippen molar-refractivity contribution in [3.63, 3.8) is 0 Å². The zero-order valence-electron chi connectivity index (χ0n) is 17.4. The van der Waals surface area contributed by atoms with Gasteiger partial charge in [0.1, 0.15) is 11.3 Å². The Balaban J connectivity index is 0.000000187. The highest BCUT2D eigenvalue weighted by molar-refractivity contribution is 7.22. The van der Waals surface area contributed by atoms with E-state index in [2.05, 4.69) is 16.0 Å². The molecule has 0 bridgehead atoms. The zero-order valence-corrected chi connectivity index (χ0v) is 18.2. The average Bonchev–Trinajstić information content (AvgIpc) is 3.15. The van der Waals surface area contributed by atoms with E-state index in [-0.39, 0.29) is 12.0 Å². The molecule has 4 N–H and O–H groups in total. The lowest BCUT2D eigenvalue weighted by molar-refractivity contribution is 0.0685. The molecule has 2 saturated heterocycles. The molecule has 2 aliphatic rings. The van der Waals surface area contributed by atoms with Gasteiger partial charge in [0.15, 0.2) is 5.13 Å². The molecule has 0 saturated carbocycles. The van der Waals surface area contributed by atoms with E-state index in [0.717, 1.165) is 55.1 Å². The van der Waals surface area contributed by atoms with E-state index in [0.29, 0.717) is 18.2 Å². The van der Waals surface area contributed by atoms with Gasteiger partial charge < -0.3 is 35.2 Å². The highest BCUT2D eigenvalue weighted by Gasteiger charge is 2.24. The largest absolute Gasteiger partial charge is 0.494 e. The summed E-state index contributed by atoms with van der Waals surface area (Å²) in [6.07, 6.45) is 0.411. The second kappa shape index (κ2) is 10.1. The van der Waals surface area contributed by atoms with Gasteiger partial charge in [0.25, 0.3) is 0 Å². The molecule has 4 rings (SSSR count). The normalized spacial score (nSPS) is 18.6. The molecule has 2 aliphatic heterocycles. The van der Waals surface area contributed by atoms with Gasteiger partial charge in [-0.25, -0.2) is 9.78 Å². The lowest BCUT2D eigenvalue weighted by Gasteiger charge is -2.31. The molecule has 3 heterocycles. The molecule has 9 nitrogen and oxygen atoms in total. The first-order chi connectivity index (χ1) is 14.4. The number of hydrogen-bond donors (Lipinski definition) is 3. The number of anilines is 2. The lowest BCUT2D eigenvalue weighted by atomic mass is 9.92. The van der Waals surface area contributed by atoms with Crippen LogP contribution in [0.2, 0.25) is 0 Å². The molecule has 1 aromatic carbocycles. The van der Waals surface area contributed by atoms with Gasteiger partial charge in [-0.15, -0.1) is 0 Å². The molecular weight excluding hydrogens is 408 g/mol. The van der Waals surface area contributed by atoms with Crippen molar-refractivity contribution >= 4 is 38.5 Å². The van der Waals surface area contributed by atoms with Gasteiger partial charge >= 0.3 is 6.09 Å². The molecule has 0 radical (unpaired) electrons. The van der Waals surface area contributed by atoms with Crippen molar-refractivity contribution in [1.82, 2.24) is 9.88 Å². The van der Waals surface area contributed by atoms with Crippen molar-refractivity contribution in [2.24, 2.45) is 5.92 Å². The van der Waals surface area contributed by atoms with Gasteiger partial charge in [-0.1, -0.05) is 11.3 Å². The second-order valence-corrected chi connectivity index (χ2v) is 8.49. The topological polar surface area (TPSA) is 121 Å².